The molecule has 0 saturated carbocycles. The van der Waals surface area contributed by atoms with Crippen LogP contribution in [-0.2, 0) is 0 Å². The minimum atomic E-state index is -1.35. The largest absolute Gasteiger partial charge is 0.497 e. The van der Waals surface area contributed by atoms with Crippen LogP contribution in [0.5, 0.6) is 11.5 Å². The Morgan fingerprint density at radius 2 is 1.64 bits per heavy atom. The van der Waals surface area contributed by atoms with E-state index in [1.807, 2.05) is 12.1 Å². The number of benzene rings is 1. The smallest absolute Gasteiger partial charge is 0.119 e. The Morgan fingerprint density at radius 1 is 1.00 bits per heavy atom. The lowest BCUT2D eigenvalue weighted by atomic mass is 10.3. The predicted octanol–water partition coefficient (Wildman–Crippen LogP) is 2.25. The average molecular weight is 210 g/mol. The number of ether oxygens (including phenoxy) is 2. The van der Waals surface area contributed by atoms with Gasteiger partial charge in [0.2, 0.25) is 0 Å². The zero-order valence-corrected chi connectivity index (χ0v) is 10.5. The summed E-state index contributed by atoms with van der Waals surface area (Å²) in [6.45, 7) is 6.89. The van der Waals surface area contributed by atoms with Gasteiger partial charge in [-0.1, -0.05) is 19.6 Å². The van der Waals surface area contributed by atoms with Crippen molar-refractivity contribution in [1.29, 1.82) is 0 Å². The monoisotopic (exact) mass is 210 g/mol. The molecule has 14 heavy (non-hydrogen) atoms. The Kier molecular flexibility index (Phi) is 3.21. The van der Waals surface area contributed by atoms with Gasteiger partial charge in [-0.15, -0.1) is 0 Å². The van der Waals surface area contributed by atoms with E-state index in [1.165, 1.54) is 5.19 Å². The van der Waals surface area contributed by atoms with Gasteiger partial charge in [0.1, 0.15) is 11.5 Å². The molecule has 0 atom stereocenters. The highest BCUT2D eigenvalue weighted by molar-refractivity contribution is 6.89. The van der Waals surface area contributed by atoms with Crippen molar-refractivity contribution in [2.75, 3.05) is 14.2 Å². The van der Waals surface area contributed by atoms with Crippen LogP contribution in [0.1, 0.15) is 0 Å². The second-order valence-electron chi connectivity index (χ2n) is 4.32. The predicted molar refractivity (Wildman–Crippen MR) is 62.5 cm³/mol. The van der Waals surface area contributed by atoms with E-state index in [4.69, 9.17) is 9.47 Å². The van der Waals surface area contributed by atoms with Crippen molar-refractivity contribution in [3.05, 3.63) is 18.2 Å². The van der Waals surface area contributed by atoms with E-state index in [2.05, 4.69) is 25.7 Å². The molecule has 0 bridgehead atoms. The molecule has 0 aliphatic heterocycles. The maximum absolute atomic E-state index is 5.35. The standard InChI is InChI=1S/C11H18O2Si/c1-12-9-6-7-10(13-2)11(8-9)14(3,4)5/h6-8H,1-5H3. The quantitative estimate of drug-likeness (QED) is 0.712. The van der Waals surface area contributed by atoms with Crippen LogP contribution in [0.2, 0.25) is 19.6 Å². The molecule has 1 aromatic carbocycles. The van der Waals surface area contributed by atoms with E-state index in [0.717, 1.165) is 11.5 Å². The number of hydrogen-bond acceptors (Lipinski definition) is 2. The van der Waals surface area contributed by atoms with Crippen LogP contribution in [-0.4, -0.2) is 22.3 Å². The van der Waals surface area contributed by atoms with Crippen LogP contribution in [0.4, 0.5) is 0 Å². The van der Waals surface area contributed by atoms with Gasteiger partial charge >= 0.3 is 0 Å². The number of methoxy groups -OCH3 is 2. The van der Waals surface area contributed by atoms with Gasteiger partial charge < -0.3 is 9.47 Å². The van der Waals surface area contributed by atoms with Crippen LogP contribution < -0.4 is 14.7 Å². The fourth-order valence-corrected chi connectivity index (χ4v) is 2.90. The Labute approximate surface area is 86.9 Å². The molecule has 0 N–H and O–H groups in total. The summed E-state index contributed by atoms with van der Waals surface area (Å²) in [5.74, 6) is 1.88. The third-order valence-electron chi connectivity index (χ3n) is 2.21. The minimum Gasteiger partial charge on any atom is -0.497 e. The molecule has 0 aliphatic carbocycles. The maximum Gasteiger partial charge on any atom is 0.119 e. The van der Waals surface area contributed by atoms with Gasteiger partial charge in [0, 0.05) is 0 Å². The maximum atomic E-state index is 5.35. The number of rotatable bonds is 3. The SMILES string of the molecule is COc1ccc(OC)c([Si](C)(C)C)c1. The van der Waals surface area contributed by atoms with Gasteiger partial charge in [0.25, 0.3) is 0 Å². The molecular formula is C11H18O2Si. The molecule has 0 fully saturated rings. The average Bonchev–Trinajstić information content (AvgIpc) is 2.15. The first-order valence-electron chi connectivity index (χ1n) is 4.71. The van der Waals surface area contributed by atoms with E-state index in [1.54, 1.807) is 14.2 Å². The van der Waals surface area contributed by atoms with Gasteiger partial charge in [0.15, 0.2) is 0 Å². The second-order valence-corrected chi connectivity index (χ2v) is 9.35. The lowest BCUT2D eigenvalue weighted by Crippen LogP contribution is -2.38. The molecule has 78 valence electrons. The highest BCUT2D eigenvalue weighted by Crippen LogP contribution is 2.19. The highest BCUT2D eigenvalue weighted by atomic mass is 28.3. The first-order chi connectivity index (χ1) is 6.49. The summed E-state index contributed by atoms with van der Waals surface area (Å²) in [7, 11) is 2.05. The molecular weight excluding hydrogens is 192 g/mol. The molecule has 0 spiro atoms. The van der Waals surface area contributed by atoms with E-state index >= 15 is 0 Å². The Hall–Kier alpha value is -0.963. The Balaban J connectivity index is 3.22. The molecule has 0 aromatic heterocycles. The summed E-state index contributed by atoms with van der Waals surface area (Å²) < 4.78 is 10.6. The fourth-order valence-electron chi connectivity index (χ4n) is 1.40. The van der Waals surface area contributed by atoms with Crippen molar-refractivity contribution in [2.45, 2.75) is 19.6 Å². The van der Waals surface area contributed by atoms with Gasteiger partial charge in [-0.3, -0.25) is 0 Å². The van der Waals surface area contributed by atoms with Gasteiger partial charge in [-0.25, -0.2) is 0 Å². The molecule has 0 radical (unpaired) electrons. The van der Waals surface area contributed by atoms with Crippen LogP contribution >= 0.6 is 0 Å². The van der Waals surface area contributed by atoms with Crippen LogP contribution in [0.15, 0.2) is 18.2 Å². The van der Waals surface area contributed by atoms with Gasteiger partial charge in [-0.05, 0) is 23.4 Å². The summed E-state index contributed by atoms with van der Waals surface area (Å²) in [4.78, 5) is 0. The van der Waals surface area contributed by atoms with E-state index in [9.17, 15) is 0 Å². The van der Waals surface area contributed by atoms with E-state index in [-0.39, 0.29) is 0 Å². The van der Waals surface area contributed by atoms with E-state index < -0.39 is 8.07 Å². The fraction of sp³-hybridized carbons (Fsp3) is 0.455. The zero-order valence-electron chi connectivity index (χ0n) is 9.55. The molecule has 0 aliphatic rings. The van der Waals surface area contributed by atoms with Crippen molar-refractivity contribution in [3.63, 3.8) is 0 Å². The first-order valence-corrected chi connectivity index (χ1v) is 8.21. The Morgan fingerprint density at radius 3 is 2.07 bits per heavy atom. The molecule has 3 heteroatoms. The summed E-state index contributed by atoms with van der Waals surface area (Å²) in [6, 6.07) is 6.00. The van der Waals surface area contributed by atoms with Crippen molar-refractivity contribution in [1.82, 2.24) is 0 Å². The zero-order chi connectivity index (χ0) is 10.8. The lowest BCUT2D eigenvalue weighted by Gasteiger charge is -2.20. The topological polar surface area (TPSA) is 18.5 Å². The third-order valence-corrected chi connectivity index (χ3v) is 4.22. The molecule has 0 heterocycles. The molecule has 1 rings (SSSR count). The minimum absolute atomic E-state index is 0.906. The third kappa shape index (κ3) is 2.29. The molecule has 0 amide bonds. The van der Waals surface area contributed by atoms with Crippen LogP contribution in [0.3, 0.4) is 0 Å². The first kappa shape index (κ1) is 11.1. The molecule has 0 unspecified atom stereocenters. The second kappa shape index (κ2) is 4.05. The number of hydrogen-bond donors (Lipinski definition) is 0. The van der Waals surface area contributed by atoms with Crippen molar-refractivity contribution >= 4 is 13.3 Å². The summed E-state index contributed by atoms with van der Waals surface area (Å²) >= 11 is 0. The molecule has 2 nitrogen and oxygen atoms in total. The highest BCUT2D eigenvalue weighted by Gasteiger charge is 2.21. The Bertz CT molecular complexity index is 316. The van der Waals surface area contributed by atoms with Crippen LogP contribution in [0, 0.1) is 0 Å². The molecule has 1 aromatic rings. The van der Waals surface area contributed by atoms with Crippen molar-refractivity contribution in [2.24, 2.45) is 0 Å². The van der Waals surface area contributed by atoms with Crippen molar-refractivity contribution < 1.29 is 9.47 Å². The van der Waals surface area contributed by atoms with Crippen molar-refractivity contribution in [3.8, 4) is 11.5 Å². The van der Waals surface area contributed by atoms with E-state index in [0.29, 0.717) is 0 Å². The van der Waals surface area contributed by atoms with Gasteiger partial charge in [-0.2, -0.15) is 0 Å². The lowest BCUT2D eigenvalue weighted by molar-refractivity contribution is 0.405. The summed E-state index contributed by atoms with van der Waals surface area (Å²) in [5.41, 5.74) is 0. The summed E-state index contributed by atoms with van der Waals surface area (Å²) in [6.07, 6.45) is 0. The van der Waals surface area contributed by atoms with Gasteiger partial charge in [0.05, 0.1) is 22.3 Å². The normalized spacial score (nSPS) is 11.2. The summed E-state index contributed by atoms with van der Waals surface area (Å²) in [5, 5.41) is 1.30. The molecule has 0 saturated heterocycles. The van der Waals surface area contributed by atoms with Crippen LogP contribution in [0.25, 0.3) is 0 Å².